The summed E-state index contributed by atoms with van der Waals surface area (Å²) >= 11 is 0. The molecule has 0 aliphatic carbocycles. The van der Waals surface area contributed by atoms with Gasteiger partial charge in [-0.1, -0.05) is 48.5 Å². The molecule has 1 aliphatic rings. The molecule has 3 aromatic carbocycles. The third-order valence-electron chi connectivity index (χ3n) is 5.19. The van der Waals surface area contributed by atoms with Gasteiger partial charge >= 0.3 is 0 Å². The molecule has 1 aliphatic heterocycles. The highest BCUT2D eigenvalue weighted by atomic mass is 32.2. The summed E-state index contributed by atoms with van der Waals surface area (Å²) in [5.74, 6) is 1.26. The molecule has 32 heavy (non-hydrogen) atoms. The van der Waals surface area contributed by atoms with Gasteiger partial charge in [-0.05, 0) is 61.7 Å². The normalized spacial score (nSPS) is 16.5. The molecule has 0 saturated heterocycles. The molecule has 0 bridgehead atoms. The highest BCUT2D eigenvalue weighted by molar-refractivity contribution is 7.89. The predicted molar refractivity (Wildman–Crippen MR) is 124 cm³/mol. The molecule has 7 heteroatoms. The number of hydrogen-bond acceptors (Lipinski definition) is 5. The van der Waals surface area contributed by atoms with E-state index in [-0.39, 0.29) is 17.5 Å². The maximum Gasteiger partial charge on any atom is 0.279 e. The van der Waals surface area contributed by atoms with Gasteiger partial charge in [-0.25, -0.2) is 0 Å². The maximum atomic E-state index is 13.4. The first-order valence-electron chi connectivity index (χ1n) is 10.6. The Morgan fingerprint density at radius 3 is 2.22 bits per heavy atom. The molecule has 6 nitrogen and oxygen atoms in total. The Labute approximate surface area is 189 Å². The average Bonchev–Trinajstić information content (AvgIpc) is 2.82. The first-order valence-corrected chi connectivity index (χ1v) is 12.0. The quantitative estimate of drug-likeness (QED) is 0.472. The lowest BCUT2D eigenvalue weighted by Gasteiger charge is -2.32. The SMILES string of the molecule is CC1=NN(S(=O)(=O)c2ccc(Oc3ccccc3)cc2)C(COCc2ccccc2)CC1. The van der Waals surface area contributed by atoms with Crippen LogP contribution in [-0.4, -0.2) is 31.2 Å². The smallest absolute Gasteiger partial charge is 0.279 e. The summed E-state index contributed by atoms with van der Waals surface area (Å²) < 4.78 is 39.6. The van der Waals surface area contributed by atoms with Crippen LogP contribution in [-0.2, 0) is 21.4 Å². The minimum atomic E-state index is -3.82. The van der Waals surface area contributed by atoms with E-state index in [0.29, 0.717) is 24.5 Å². The molecule has 0 fully saturated rings. The van der Waals surface area contributed by atoms with E-state index in [4.69, 9.17) is 9.47 Å². The van der Waals surface area contributed by atoms with Crippen molar-refractivity contribution in [2.24, 2.45) is 5.10 Å². The number of para-hydroxylation sites is 1. The van der Waals surface area contributed by atoms with E-state index in [9.17, 15) is 8.42 Å². The zero-order valence-corrected chi connectivity index (χ0v) is 18.7. The maximum absolute atomic E-state index is 13.4. The standard InChI is InChI=1S/C25H26N2O4S/c1-20-12-13-22(19-30-18-21-8-4-2-5-9-21)27(26-20)32(28,29)25-16-14-24(15-17-25)31-23-10-6-3-7-11-23/h2-11,14-17,22H,12-13,18-19H2,1H3. The van der Waals surface area contributed by atoms with Crippen molar-refractivity contribution < 1.29 is 17.9 Å². The lowest BCUT2D eigenvalue weighted by atomic mass is 10.1. The van der Waals surface area contributed by atoms with Crippen LogP contribution in [0.5, 0.6) is 11.5 Å². The molecule has 1 heterocycles. The highest BCUT2D eigenvalue weighted by Gasteiger charge is 2.33. The molecule has 0 saturated carbocycles. The number of benzene rings is 3. The van der Waals surface area contributed by atoms with Crippen molar-refractivity contribution >= 4 is 15.7 Å². The molecule has 166 valence electrons. The second-order valence-corrected chi connectivity index (χ2v) is 9.49. The van der Waals surface area contributed by atoms with Crippen LogP contribution >= 0.6 is 0 Å². The fourth-order valence-corrected chi connectivity index (χ4v) is 4.98. The van der Waals surface area contributed by atoms with Gasteiger partial charge in [-0.15, -0.1) is 0 Å². The first-order chi connectivity index (χ1) is 15.5. The van der Waals surface area contributed by atoms with Gasteiger partial charge in [0.05, 0.1) is 24.2 Å². The van der Waals surface area contributed by atoms with E-state index >= 15 is 0 Å². The van der Waals surface area contributed by atoms with Crippen LogP contribution in [0.4, 0.5) is 0 Å². The van der Waals surface area contributed by atoms with Crippen LogP contribution in [0.15, 0.2) is 94.9 Å². The van der Waals surface area contributed by atoms with Crippen molar-refractivity contribution in [2.45, 2.75) is 37.3 Å². The van der Waals surface area contributed by atoms with Crippen molar-refractivity contribution in [2.75, 3.05) is 6.61 Å². The number of hydrogen-bond donors (Lipinski definition) is 0. The Morgan fingerprint density at radius 1 is 0.906 bits per heavy atom. The number of rotatable bonds is 8. The topological polar surface area (TPSA) is 68.2 Å². The van der Waals surface area contributed by atoms with Crippen LogP contribution in [0.2, 0.25) is 0 Å². The molecule has 0 spiro atoms. The summed E-state index contributed by atoms with van der Waals surface area (Å²) in [4.78, 5) is 0.171. The fourth-order valence-electron chi connectivity index (χ4n) is 3.48. The number of nitrogens with zero attached hydrogens (tertiary/aromatic N) is 2. The minimum absolute atomic E-state index is 0.171. The Balaban J connectivity index is 1.47. The van der Waals surface area contributed by atoms with Gasteiger partial charge in [0.15, 0.2) is 0 Å². The van der Waals surface area contributed by atoms with Gasteiger partial charge in [-0.2, -0.15) is 17.9 Å². The minimum Gasteiger partial charge on any atom is -0.457 e. The van der Waals surface area contributed by atoms with Crippen LogP contribution in [0, 0.1) is 0 Å². The van der Waals surface area contributed by atoms with Crippen molar-refractivity contribution in [3.63, 3.8) is 0 Å². The van der Waals surface area contributed by atoms with Crippen molar-refractivity contribution in [1.82, 2.24) is 4.41 Å². The zero-order valence-electron chi connectivity index (χ0n) is 17.9. The summed E-state index contributed by atoms with van der Waals surface area (Å²) in [7, 11) is -3.82. The average molecular weight is 451 g/mol. The first kappa shape index (κ1) is 22.0. The molecule has 4 rings (SSSR count). The molecular formula is C25H26N2O4S. The van der Waals surface area contributed by atoms with Gasteiger partial charge in [0.2, 0.25) is 0 Å². The highest BCUT2D eigenvalue weighted by Crippen LogP contribution is 2.28. The number of sulfonamides is 1. The Hall–Kier alpha value is -3.16. The third kappa shape index (κ3) is 5.36. The van der Waals surface area contributed by atoms with Crippen LogP contribution < -0.4 is 4.74 Å². The number of ether oxygens (including phenoxy) is 2. The Bertz CT molecular complexity index is 1150. The Morgan fingerprint density at radius 2 is 1.53 bits per heavy atom. The molecular weight excluding hydrogens is 424 g/mol. The molecule has 3 aromatic rings. The molecule has 0 N–H and O–H groups in total. The van der Waals surface area contributed by atoms with E-state index in [1.54, 1.807) is 24.3 Å². The molecule has 1 atom stereocenters. The second kappa shape index (κ2) is 9.97. The van der Waals surface area contributed by atoms with Gasteiger partial charge in [0, 0.05) is 5.71 Å². The van der Waals surface area contributed by atoms with Crippen molar-refractivity contribution in [1.29, 1.82) is 0 Å². The fraction of sp³-hybridized carbons (Fsp3) is 0.240. The third-order valence-corrected chi connectivity index (χ3v) is 6.93. The summed E-state index contributed by atoms with van der Waals surface area (Å²) in [5, 5.41) is 4.38. The lowest BCUT2D eigenvalue weighted by Crippen LogP contribution is -2.42. The molecule has 1 unspecified atom stereocenters. The second-order valence-electron chi connectivity index (χ2n) is 7.69. The van der Waals surface area contributed by atoms with E-state index < -0.39 is 10.0 Å². The summed E-state index contributed by atoms with van der Waals surface area (Å²) in [6.07, 6.45) is 1.41. The van der Waals surface area contributed by atoms with E-state index in [2.05, 4.69) is 5.10 Å². The van der Waals surface area contributed by atoms with Crippen LogP contribution in [0.3, 0.4) is 0 Å². The zero-order chi connectivity index (χ0) is 22.4. The van der Waals surface area contributed by atoms with Crippen molar-refractivity contribution in [3.05, 3.63) is 90.5 Å². The molecule has 0 aromatic heterocycles. The van der Waals surface area contributed by atoms with Gasteiger partial charge in [0.25, 0.3) is 10.0 Å². The van der Waals surface area contributed by atoms with Crippen LogP contribution in [0.25, 0.3) is 0 Å². The molecule has 0 radical (unpaired) electrons. The monoisotopic (exact) mass is 450 g/mol. The summed E-state index contributed by atoms with van der Waals surface area (Å²) in [5.41, 5.74) is 1.84. The van der Waals surface area contributed by atoms with Crippen molar-refractivity contribution in [3.8, 4) is 11.5 Å². The van der Waals surface area contributed by atoms with Crippen LogP contribution in [0.1, 0.15) is 25.3 Å². The summed E-state index contributed by atoms with van der Waals surface area (Å²) in [6.45, 7) is 2.56. The van der Waals surface area contributed by atoms with Gasteiger partial charge < -0.3 is 9.47 Å². The van der Waals surface area contributed by atoms with E-state index in [1.165, 1.54) is 4.41 Å². The number of hydrazone groups is 1. The van der Waals surface area contributed by atoms with E-state index in [1.807, 2.05) is 67.6 Å². The van der Waals surface area contributed by atoms with Gasteiger partial charge in [-0.3, -0.25) is 0 Å². The molecule has 0 amide bonds. The summed E-state index contributed by atoms with van der Waals surface area (Å²) in [6, 6.07) is 25.2. The Kier molecular flexibility index (Phi) is 6.87. The largest absolute Gasteiger partial charge is 0.457 e. The van der Waals surface area contributed by atoms with E-state index in [0.717, 1.165) is 17.7 Å². The van der Waals surface area contributed by atoms with Gasteiger partial charge in [0.1, 0.15) is 11.5 Å². The predicted octanol–water partition coefficient (Wildman–Crippen LogP) is 5.22. The lowest BCUT2D eigenvalue weighted by molar-refractivity contribution is 0.0727.